The molecule has 333 valence electrons. The molecular formula is C59H56GeIrN4O-2. The van der Waals surface area contributed by atoms with Gasteiger partial charge < -0.3 is 4.57 Å². The average Bonchev–Trinajstić information content (AvgIpc) is 3.87. The second-order valence-corrected chi connectivity index (χ2v) is 30.1. The smallest absolute Gasteiger partial charge is 0 e. The first-order valence-electron chi connectivity index (χ1n) is 22.6. The van der Waals surface area contributed by atoms with Crippen molar-refractivity contribution in [3.8, 4) is 50.6 Å². The second-order valence-electron chi connectivity index (χ2n) is 19.5. The van der Waals surface area contributed by atoms with E-state index in [0.717, 1.165) is 61.4 Å². The van der Waals surface area contributed by atoms with Crippen molar-refractivity contribution in [2.24, 2.45) is 0 Å². The third kappa shape index (κ3) is 9.24. The van der Waals surface area contributed by atoms with Gasteiger partial charge in [-0.3, -0.25) is 4.98 Å². The number of benzene rings is 6. The van der Waals surface area contributed by atoms with Gasteiger partial charge in [-0.15, -0.1) is 35.9 Å². The molecule has 66 heavy (non-hydrogen) atoms. The van der Waals surface area contributed by atoms with Crippen LogP contribution in [0.4, 0.5) is 0 Å². The summed E-state index contributed by atoms with van der Waals surface area (Å²) >= 11 is -1.97. The molecule has 0 N–H and O–H groups in total. The monoisotopic (exact) mass is 1100 g/mol. The molecule has 10 aromatic rings. The zero-order valence-corrected chi connectivity index (χ0v) is 44.0. The number of aryl methyl sites for hydroxylation is 2. The minimum absolute atomic E-state index is 0. The Balaban J connectivity index is 0.000000184. The fourth-order valence-electron chi connectivity index (χ4n) is 8.89. The molecule has 7 heteroatoms. The van der Waals surface area contributed by atoms with Crippen molar-refractivity contribution in [3.05, 3.63) is 186 Å². The average molecular weight is 1100 g/mol. The molecule has 1 radical (unpaired) electrons. The van der Waals surface area contributed by atoms with Crippen LogP contribution in [0.2, 0.25) is 17.3 Å². The molecule has 0 aliphatic rings. The first kappa shape index (κ1) is 46.6. The molecule has 0 fully saturated rings. The summed E-state index contributed by atoms with van der Waals surface area (Å²) < 4.78 is 9.80. The fraction of sp³-hybridized carbons (Fsp3) is 0.203. The van der Waals surface area contributed by atoms with Crippen molar-refractivity contribution in [2.45, 2.75) is 77.1 Å². The largest absolute Gasteiger partial charge is 0 e. The zero-order valence-electron chi connectivity index (χ0n) is 39.5. The Kier molecular flexibility index (Phi) is 13.2. The van der Waals surface area contributed by atoms with Crippen molar-refractivity contribution < 1.29 is 24.5 Å². The number of rotatable bonds is 7. The van der Waals surface area contributed by atoms with Gasteiger partial charge in [0, 0.05) is 31.2 Å². The van der Waals surface area contributed by atoms with Crippen LogP contribution < -0.4 is 4.40 Å². The second kappa shape index (κ2) is 18.8. The van der Waals surface area contributed by atoms with Crippen molar-refractivity contribution in [1.82, 2.24) is 19.5 Å². The zero-order chi connectivity index (χ0) is 45.6. The first-order chi connectivity index (χ1) is 31.2. The van der Waals surface area contributed by atoms with Gasteiger partial charge in [-0.05, 0) is 46.4 Å². The third-order valence-corrected chi connectivity index (χ3v) is 16.5. The van der Waals surface area contributed by atoms with E-state index in [4.69, 9.17) is 14.4 Å². The Labute approximate surface area is 406 Å². The van der Waals surface area contributed by atoms with E-state index in [1.807, 2.05) is 25.1 Å². The fourth-order valence-corrected chi connectivity index (χ4v) is 12.4. The number of hydrogen-bond donors (Lipinski definition) is 0. The summed E-state index contributed by atoms with van der Waals surface area (Å²) in [5.74, 6) is 8.65. The maximum atomic E-state index is 5.98. The van der Waals surface area contributed by atoms with E-state index in [-0.39, 0.29) is 25.5 Å². The van der Waals surface area contributed by atoms with Crippen LogP contribution >= 0.6 is 0 Å². The van der Waals surface area contributed by atoms with Gasteiger partial charge in [0.2, 0.25) is 0 Å². The van der Waals surface area contributed by atoms with Gasteiger partial charge >= 0.3 is 170 Å². The van der Waals surface area contributed by atoms with Crippen LogP contribution in [0.3, 0.4) is 0 Å². The minimum atomic E-state index is -1.97. The SMILES string of the molecule is CC(C)(C)c1cc(-c2ccccc2)c(-n2c(-c3[c-]cccc3)nc3ccccc32)c(-c2ccccc2)c1.Cc1cc(C)c2c(n1)oc1c[c-]c(-c3cc(C(C)C)[c]([Ge]([CH3])([CH3])[CH3])cn3)cc12.[Ir]. The summed E-state index contributed by atoms with van der Waals surface area (Å²) in [6.07, 6.45) is 2.12. The Morgan fingerprint density at radius 3 is 1.94 bits per heavy atom. The Morgan fingerprint density at radius 2 is 1.33 bits per heavy atom. The third-order valence-electron chi connectivity index (χ3n) is 12.2. The van der Waals surface area contributed by atoms with E-state index >= 15 is 0 Å². The summed E-state index contributed by atoms with van der Waals surface area (Å²) in [6.45, 7) is 15.5. The minimum Gasteiger partial charge on any atom is 0 e. The Bertz CT molecular complexity index is 3260. The van der Waals surface area contributed by atoms with Crippen molar-refractivity contribution >= 4 is 50.8 Å². The van der Waals surface area contributed by atoms with E-state index in [1.54, 1.807) is 0 Å². The topological polar surface area (TPSA) is 56.7 Å². The van der Waals surface area contributed by atoms with Gasteiger partial charge in [0.15, 0.2) is 0 Å². The summed E-state index contributed by atoms with van der Waals surface area (Å²) in [6, 6.07) is 57.9. The molecule has 0 amide bonds. The maximum Gasteiger partial charge on any atom is 0 e. The van der Waals surface area contributed by atoms with Crippen LogP contribution in [0.15, 0.2) is 156 Å². The number of imidazole rings is 1. The molecule has 0 aliphatic carbocycles. The summed E-state index contributed by atoms with van der Waals surface area (Å²) in [4.78, 5) is 14.5. The van der Waals surface area contributed by atoms with Gasteiger partial charge in [-0.25, -0.2) is 0 Å². The van der Waals surface area contributed by atoms with Gasteiger partial charge in [0.05, 0.1) is 22.5 Å². The normalized spacial score (nSPS) is 11.8. The van der Waals surface area contributed by atoms with E-state index < -0.39 is 13.3 Å². The molecule has 0 bridgehead atoms. The molecule has 0 unspecified atom stereocenters. The molecule has 6 aromatic carbocycles. The van der Waals surface area contributed by atoms with Crippen molar-refractivity contribution in [1.29, 1.82) is 0 Å². The van der Waals surface area contributed by atoms with Gasteiger partial charge in [0.1, 0.15) is 0 Å². The predicted molar refractivity (Wildman–Crippen MR) is 275 cm³/mol. The van der Waals surface area contributed by atoms with Crippen LogP contribution in [-0.4, -0.2) is 32.8 Å². The molecule has 0 saturated heterocycles. The molecular weight excluding hydrogens is 1050 g/mol. The van der Waals surface area contributed by atoms with Gasteiger partial charge in [0.25, 0.3) is 0 Å². The van der Waals surface area contributed by atoms with Crippen molar-refractivity contribution in [2.75, 3.05) is 0 Å². The number of furan rings is 1. The molecule has 4 aromatic heterocycles. The van der Waals surface area contributed by atoms with E-state index in [9.17, 15) is 0 Å². The first-order valence-corrected chi connectivity index (χ1v) is 30.0. The number of hydrogen-bond acceptors (Lipinski definition) is 4. The molecule has 0 aliphatic heterocycles. The number of pyridine rings is 2. The van der Waals surface area contributed by atoms with E-state index in [1.165, 1.54) is 43.3 Å². The number of nitrogens with zero attached hydrogens (tertiary/aromatic N) is 4. The Morgan fingerprint density at radius 1 is 0.697 bits per heavy atom. The molecule has 0 atom stereocenters. The van der Waals surface area contributed by atoms with Gasteiger partial charge in [-0.1, -0.05) is 93.6 Å². The molecule has 10 rings (SSSR count). The van der Waals surface area contributed by atoms with Crippen LogP contribution in [0.25, 0.3) is 83.7 Å². The van der Waals surface area contributed by atoms with Crippen LogP contribution in [0.5, 0.6) is 0 Å². The predicted octanol–water partition coefficient (Wildman–Crippen LogP) is 15.3. The number of fused-ring (bicyclic) bond motifs is 4. The maximum absolute atomic E-state index is 5.98. The van der Waals surface area contributed by atoms with Crippen LogP contribution in [-0.2, 0) is 25.5 Å². The summed E-state index contributed by atoms with van der Waals surface area (Å²) in [7, 11) is 0. The quantitative estimate of drug-likeness (QED) is 0.118. The van der Waals surface area contributed by atoms with E-state index in [2.05, 4.69) is 214 Å². The molecule has 5 nitrogen and oxygen atoms in total. The summed E-state index contributed by atoms with van der Waals surface area (Å²) in [5.41, 5.74) is 17.3. The Hall–Kier alpha value is -5.92. The van der Waals surface area contributed by atoms with E-state index in [0.29, 0.717) is 11.6 Å². The molecule has 4 heterocycles. The standard InChI is InChI=1S/C35H29N2.C24H27GeN2O.Ir/c1-35(2,3)28-23-29(25-15-7-4-8-16-25)33(30(24-28)26-17-9-5-10-18-26)37-32-22-14-13-21-31(32)36-34(37)27-19-11-6-12-20-27;1-14(2)18-12-21(26-13-20(18)25(5,6)7)17-8-9-22-19(11-17)23-15(3)10-16(4)27-24(23)28-22;/h4-19,21-24H,1-3H3;9-14H,1-7H3;/q2*-1;. The van der Waals surface area contributed by atoms with Crippen molar-refractivity contribution in [3.63, 3.8) is 0 Å². The van der Waals surface area contributed by atoms with Crippen LogP contribution in [0, 0.1) is 26.0 Å². The number of aromatic nitrogens is 4. The molecule has 0 saturated carbocycles. The van der Waals surface area contributed by atoms with Gasteiger partial charge in [-0.2, -0.15) is 0 Å². The van der Waals surface area contributed by atoms with Crippen LogP contribution in [0.1, 0.15) is 62.9 Å². The molecule has 0 spiro atoms. The summed E-state index contributed by atoms with van der Waals surface area (Å²) in [5, 5.41) is 2.17. The number of para-hydroxylation sites is 2.